The van der Waals surface area contributed by atoms with E-state index in [0.29, 0.717) is 0 Å². The first kappa shape index (κ1) is 14.0. The number of hydrogen-bond donors (Lipinski definition) is 1. The number of anilines is 1. The van der Waals surface area contributed by atoms with E-state index in [9.17, 15) is 0 Å². The Kier molecular flexibility index (Phi) is 5.01. The summed E-state index contributed by atoms with van der Waals surface area (Å²) >= 11 is 0. The lowest BCUT2D eigenvalue weighted by molar-refractivity contribution is 0.311. The van der Waals surface area contributed by atoms with Crippen molar-refractivity contribution in [1.82, 2.24) is 0 Å². The maximum absolute atomic E-state index is 5.93. The Hall–Kier alpha value is -1.02. The zero-order valence-corrected chi connectivity index (χ0v) is 11.7. The van der Waals surface area contributed by atoms with Crippen LogP contribution in [0.3, 0.4) is 0 Å². The van der Waals surface area contributed by atoms with Gasteiger partial charge in [0.1, 0.15) is 0 Å². The molecule has 0 saturated carbocycles. The number of aryl methyl sites for hydroxylation is 1. The Labute approximate surface area is 106 Å². The molecule has 0 spiro atoms. The van der Waals surface area contributed by atoms with Crippen molar-refractivity contribution in [2.24, 2.45) is 11.1 Å². The van der Waals surface area contributed by atoms with Crippen LogP contribution in [-0.4, -0.2) is 20.1 Å². The third-order valence-corrected chi connectivity index (χ3v) is 3.49. The fraction of sp³-hybridized carbons (Fsp3) is 0.600. The van der Waals surface area contributed by atoms with Crippen LogP contribution < -0.4 is 10.6 Å². The van der Waals surface area contributed by atoms with Gasteiger partial charge in [-0.25, -0.2) is 0 Å². The molecule has 2 N–H and O–H groups in total. The molecular formula is C15H26N2. The summed E-state index contributed by atoms with van der Waals surface area (Å²) in [4.78, 5) is 2.33. The Balaban J connectivity index is 2.77. The minimum Gasteiger partial charge on any atom is -0.374 e. The normalized spacial score (nSPS) is 14.4. The number of benzene rings is 1. The third-order valence-electron chi connectivity index (χ3n) is 3.49. The van der Waals surface area contributed by atoms with Crippen LogP contribution in [0.1, 0.15) is 32.3 Å². The van der Waals surface area contributed by atoms with Gasteiger partial charge in [0, 0.05) is 19.3 Å². The predicted octanol–water partition coefficient (Wildman–Crippen LogP) is 3.20. The topological polar surface area (TPSA) is 29.3 Å². The minimum absolute atomic E-state index is 0.214. The highest BCUT2D eigenvalue weighted by atomic mass is 15.1. The van der Waals surface area contributed by atoms with E-state index in [1.54, 1.807) is 0 Å². The lowest BCUT2D eigenvalue weighted by atomic mass is 9.85. The fourth-order valence-corrected chi connectivity index (χ4v) is 2.50. The van der Waals surface area contributed by atoms with E-state index in [4.69, 9.17) is 5.73 Å². The lowest BCUT2D eigenvalue weighted by Gasteiger charge is -2.34. The standard InChI is InChI=1S/C15H26N2/c1-5-10-15(3,11-16)12-17(4)14-9-7-6-8-13(14)2/h6-9H,5,10-12,16H2,1-4H3. The van der Waals surface area contributed by atoms with Crippen LogP contribution >= 0.6 is 0 Å². The first-order chi connectivity index (χ1) is 8.02. The van der Waals surface area contributed by atoms with Gasteiger partial charge in [-0.1, -0.05) is 38.5 Å². The summed E-state index contributed by atoms with van der Waals surface area (Å²) in [6.07, 6.45) is 2.37. The van der Waals surface area contributed by atoms with Crippen LogP contribution in [-0.2, 0) is 0 Å². The molecule has 96 valence electrons. The average Bonchev–Trinajstić information content (AvgIpc) is 2.29. The minimum atomic E-state index is 0.214. The first-order valence-corrected chi connectivity index (χ1v) is 6.49. The van der Waals surface area contributed by atoms with Crippen molar-refractivity contribution in [3.8, 4) is 0 Å². The molecule has 0 radical (unpaired) electrons. The number of rotatable bonds is 6. The van der Waals surface area contributed by atoms with E-state index in [1.807, 2.05) is 0 Å². The van der Waals surface area contributed by atoms with Gasteiger partial charge in [0.2, 0.25) is 0 Å². The molecule has 0 bridgehead atoms. The number of hydrogen-bond acceptors (Lipinski definition) is 2. The summed E-state index contributed by atoms with van der Waals surface area (Å²) in [5, 5.41) is 0. The second-order valence-corrected chi connectivity index (χ2v) is 5.41. The van der Waals surface area contributed by atoms with E-state index in [2.05, 4.69) is 57.0 Å². The number of para-hydroxylation sites is 1. The molecule has 0 amide bonds. The van der Waals surface area contributed by atoms with Crippen molar-refractivity contribution in [2.75, 3.05) is 25.0 Å². The molecule has 17 heavy (non-hydrogen) atoms. The Bertz CT molecular complexity index is 349. The van der Waals surface area contributed by atoms with Crippen molar-refractivity contribution in [3.63, 3.8) is 0 Å². The Morgan fingerprint density at radius 2 is 1.94 bits per heavy atom. The van der Waals surface area contributed by atoms with Crippen LogP contribution in [0.2, 0.25) is 0 Å². The molecule has 2 nitrogen and oxygen atoms in total. The largest absolute Gasteiger partial charge is 0.374 e. The van der Waals surface area contributed by atoms with Gasteiger partial charge in [-0.05, 0) is 36.9 Å². The summed E-state index contributed by atoms with van der Waals surface area (Å²) in [5.74, 6) is 0. The molecule has 1 atom stereocenters. The van der Waals surface area contributed by atoms with Gasteiger partial charge in [0.25, 0.3) is 0 Å². The van der Waals surface area contributed by atoms with Crippen molar-refractivity contribution < 1.29 is 0 Å². The highest BCUT2D eigenvalue weighted by Gasteiger charge is 2.23. The van der Waals surface area contributed by atoms with Gasteiger partial charge < -0.3 is 10.6 Å². The molecule has 0 fully saturated rings. The Morgan fingerprint density at radius 1 is 1.29 bits per heavy atom. The average molecular weight is 234 g/mol. The van der Waals surface area contributed by atoms with Gasteiger partial charge in [-0.15, -0.1) is 0 Å². The van der Waals surface area contributed by atoms with Crippen LogP contribution in [0, 0.1) is 12.3 Å². The maximum atomic E-state index is 5.93. The summed E-state index contributed by atoms with van der Waals surface area (Å²) < 4.78 is 0. The van der Waals surface area contributed by atoms with E-state index in [0.717, 1.165) is 13.1 Å². The fourth-order valence-electron chi connectivity index (χ4n) is 2.50. The molecule has 0 saturated heterocycles. The lowest BCUT2D eigenvalue weighted by Crippen LogP contribution is -2.39. The van der Waals surface area contributed by atoms with Crippen LogP contribution in [0.25, 0.3) is 0 Å². The smallest absolute Gasteiger partial charge is 0.0393 e. The van der Waals surface area contributed by atoms with Crippen LogP contribution in [0.4, 0.5) is 5.69 Å². The van der Waals surface area contributed by atoms with Crippen LogP contribution in [0.15, 0.2) is 24.3 Å². The van der Waals surface area contributed by atoms with Gasteiger partial charge in [0.15, 0.2) is 0 Å². The summed E-state index contributed by atoms with van der Waals surface area (Å²) in [6.45, 7) is 8.43. The quantitative estimate of drug-likeness (QED) is 0.819. The monoisotopic (exact) mass is 234 g/mol. The molecule has 0 heterocycles. The van der Waals surface area contributed by atoms with Crippen molar-refractivity contribution >= 4 is 5.69 Å². The molecule has 1 aromatic carbocycles. The molecule has 2 heteroatoms. The second kappa shape index (κ2) is 6.06. The zero-order valence-electron chi connectivity index (χ0n) is 11.7. The highest BCUT2D eigenvalue weighted by molar-refractivity contribution is 5.52. The molecule has 1 unspecified atom stereocenters. The second-order valence-electron chi connectivity index (χ2n) is 5.41. The molecule has 1 aromatic rings. The van der Waals surface area contributed by atoms with Crippen molar-refractivity contribution in [3.05, 3.63) is 29.8 Å². The van der Waals surface area contributed by atoms with Gasteiger partial charge in [-0.3, -0.25) is 0 Å². The predicted molar refractivity (Wildman–Crippen MR) is 76.5 cm³/mol. The number of nitrogens with zero attached hydrogens (tertiary/aromatic N) is 1. The van der Waals surface area contributed by atoms with Gasteiger partial charge >= 0.3 is 0 Å². The van der Waals surface area contributed by atoms with Crippen molar-refractivity contribution in [2.45, 2.75) is 33.6 Å². The summed E-state index contributed by atoms with van der Waals surface area (Å²) in [6, 6.07) is 8.52. The maximum Gasteiger partial charge on any atom is 0.0393 e. The molecule has 1 rings (SSSR count). The Morgan fingerprint density at radius 3 is 2.47 bits per heavy atom. The van der Waals surface area contributed by atoms with E-state index < -0.39 is 0 Å². The highest BCUT2D eigenvalue weighted by Crippen LogP contribution is 2.26. The molecule has 0 aliphatic rings. The molecule has 0 aromatic heterocycles. The SMILES string of the molecule is CCCC(C)(CN)CN(C)c1ccccc1C. The number of nitrogens with two attached hydrogens (primary N) is 1. The third kappa shape index (κ3) is 3.74. The van der Waals surface area contributed by atoms with Gasteiger partial charge in [-0.2, -0.15) is 0 Å². The molecule has 0 aliphatic heterocycles. The van der Waals surface area contributed by atoms with E-state index in [1.165, 1.54) is 24.1 Å². The summed E-state index contributed by atoms with van der Waals surface area (Å²) in [7, 11) is 2.16. The molecular weight excluding hydrogens is 208 g/mol. The van der Waals surface area contributed by atoms with Gasteiger partial charge in [0.05, 0.1) is 0 Å². The van der Waals surface area contributed by atoms with Crippen LogP contribution in [0.5, 0.6) is 0 Å². The zero-order chi connectivity index (χ0) is 12.9. The van der Waals surface area contributed by atoms with E-state index in [-0.39, 0.29) is 5.41 Å². The first-order valence-electron chi connectivity index (χ1n) is 6.49. The van der Waals surface area contributed by atoms with Crippen molar-refractivity contribution in [1.29, 1.82) is 0 Å². The molecule has 0 aliphatic carbocycles. The summed E-state index contributed by atoms with van der Waals surface area (Å²) in [5.41, 5.74) is 8.78. The van der Waals surface area contributed by atoms with E-state index >= 15 is 0 Å².